The van der Waals surface area contributed by atoms with E-state index in [4.69, 9.17) is 21.1 Å². The molecule has 0 saturated carbocycles. The van der Waals surface area contributed by atoms with Crippen LogP contribution in [0.2, 0.25) is 5.02 Å². The lowest BCUT2D eigenvalue weighted by atomic mass is 10.2. The number of hydrogen-bond donors (Lipinski definition) is 0. The molecule has 0 spiro atoms. The van der Waals surface area contributed by atoms with Crippen LogP contribution in [0.4, 0.5) is 5.69 Å². The summed E-state index contributed by atoms with van der Waals surface area (Å²) in [6.07, 6.45) is 0. The lowest BCUT2D eigenvalue weighted by Gasteiger charge is -2.13. The van der Waals surface area contributed by atoms with Crippen LogP contribution in [-0.2, 0) is 0 Å². The molecule has 0 aliphatic rings. The zero-order valence-corrected chi connectivity index (χ0v) is 18.1. The first-order valence-corrected chi connectivity index (χ1v) is 10.7. The van der Waals surface area contributed by atoms with E-state index in [-0.39, 0.29) is 5.69 Å². The van der Waals surface area contributed by atoms with E-state index in [1.807, 2.05) is 41.0 Å². The van der Waals surface area contributed by atoms with E-state index in [1.165, 1.54) is 23.9 Å². The highest BCUT2D eigenvalue weighted by molar-refractivity contribution is 7.99. The van der Waals surface area contributed by atoms with Crippen LogP contribution >= 0.6 is 23.4 Å². The molecule has 4 rings (SSSR count). The Bertz CT molecular complexity index is 1230. The van der Waals surface area contributed by atoms with Crippen molar-refractivity contribution in [1.29, 1.82) is 0 Å². The molecule has 7 nitrogen and oxygen atoms in total. The molecule has 0 atom stereocenters. The maximum Gasteiger partial charge on any atom is 0.271 e. The van der Waals surface area contributed by atoms with Crippen molar-refractivity contribution in [3.63, 3.8) is 0 Å². The quantitative estimate of drug-likeness (QED) is 0.145. The number of aromatic nitrogens is 2. The Morgan fingerprint density at radius 3 is 2.65 bits per heavy atom. The molecule has 9 heteroatoms. The Kier molecular flexibility index (Phi) is 6.29. The van der Waals surface area contributed by atoms with Gasteiger partial charge in [0.15, 0.2) is 5.16 Å². The van der Waals surface area contributed by atoms with Crippen LogP contribution in [0, 0.1) is 10.1 Å². The molecule has 1 aromatic heterocycles. The topological polar surface area (TPSA) is 79.4 Å². The fourth-order valence-electron chi connectivity index (χ4n) is 3.13. The molecule has 158 valence electrons. The van der Waals surface area contributed by atoms with E-state index >= 15 is 0 Å². The second-order valence-electron chi connectivity index (χ2n) is 6.48. The largest absolute Gasteiger partial charge is 0.495 e. The number of hydrogen-bond acceptors (Lipinski definition) is 6. The van der Waals surface area contributed by atoms with Gasteiger partial charge in [-0.3, -0.25) is 14.7 Å². The molecule has 4 aromatic rings. The summed E-state index contributed by atoms with van der Waals surface area (Å²) in [6.45, 7) is 0.460. The summed E-state index contributed by atoms with van der Waals surface area (Å²) in [5.41, 5.74) is 2.11. The van der Waals surface area contributed by atoms with Gasteiger partial charge in [0.05, 0.1) is 35.4 Å². The van der Waals surface area contributed by atoms with Crippen LogP contribution in [0.25, 0.3) is 16.7 Å². The average molecular weight is 456 g/mol. The number of rotatable bonds is 8. The van der Waals surface area contributed by atoms with E-state index in [0.29, 0.717) is 33.8 Å². The van der Waals surface area contributed by atoms with Gasteiger partial charge in [0.2, 0.25) is 0 Å². The van der Waals surface area contributed by atoms with Crippen LogP contribution in [0.3, 0.4) is 0 Å². The molecule has 0 unspecified atom stereocenters. The van der Waals surface area contributed by atoms with Gasteiger partial charge in [0.25, 0.3) is 5.69 Å². The van der Waals surface area contributed by atoms with E-state index in [9.17, 15) is 10.1 Å². The molecule has 0 saturated heterocycles. The Morgan fingerprint density at radius 2 is 1.90 bits per heavy atom. The molecule has 1 heterocycles. The highest BCUT2D eigenvalue weighted by Crippen LogP contribution is 2.33. The Balaban J connectivity index is 1.64. The van der Waals surface area contributed by atoms with Crippen LogP contribution in [-0.4, -0.2) is 33.9 Å². The number of halogens is 1. The molecule has 0 amide bonds. The van der Waals surface area contributed by atoms with Gasteiger partial charge in [-0.1, -0.05) is 35.5 Å². The van der Waals surface area contributed by atoms with Gasteiger partial charge < -0.3 is 9.47 Å². The normalized spacial score (nSPS) is 10.9. The Morgan fingerprint density at radius 1 is 1.13 bits per heavy atom. The molecular weight excluding hydrogens is 438 g/mol. The number of nitro benzene ring substituents is 1. The molecule has 0 fully saturated rings. The highest BCUT2D eigenvalue weighted by Gasteiger charge is 2.18. The number of fused-ring (bicyclic) bond motifs is 1. The van der Waals surface area contributed by atoms with Crippen LogP contribution < -0.4 is 9.47 Å². The SMILES string of the molecule is COc1ccccc1-n1c(SCCOc2ccc(Cl)cc2)nc2cc([N+](=O)[O-])ccc21. The summed E-state index contributed by atoms with van der Waals surface area (Å²) in [5, 5.41) is 12.5. The van der Waals surface area contributed by atoms with Crippen molar-refractivity contribution in [2.75, 3.05) is 19.5 Å². The summed E-state index contributed by atoms with van der Waals surface area (Å²) in [7, 11) is 1.61. The van der Waals surface area contributed by atoms with Gasteiger partial charge in [-0.25, -0.2) is 4.98 Å². The zero-order chi connectivity index (χ0) is 21.8. The second-order valence-corrected chi connectivity index (χ2v) is 7.98. The van der Waals surface area contributed by atoms with Crippen LogP contribution in [0.5, 0.6) is 11.5 Å². The monoisotopic (exact) mass is 455 g/mol. The first-order chi connectivity index (χ1) is 15.1. The number of thioether (sulfide) groups is 1. The third-order valence-electron chi connectivity index (χ3n) is 4.54. The van der Waals surface area contributed by atoms with Gasteiger partial charge in [-0.15, -0.1) is 0 Å². The smallest absolute Gasteiger partial charge is 0.271 e. The minimum Gasteiger partial charge on any atom is -0.495 e. The number of benzene rings is 3. The number of non-ortho nitro benzene ring substituents is 1. The standard InChI is InChI=1S/C22H18ClN3O4S/c1-29-21-5-3-2-4-20(21)25-19-11-8-16(26(27)28)14-18(19)24-22(25)31-13-12-30-17-9-6-15(23)7-10-17/h2-11,14H,12-13H2,1H3. The molecule has 0 aliphatic carbocycles. The maximum atomic E-state index is 11.2. The van der Waals surface area contributed by atoms with Crippen molar-refractivity contribution in [2.24, 2.45) is 0 Å². The fourth-order valence-corrected chi connectivity index (χ4v) is 4.09. The first-order valence-electron chi connectivity index (χ1n) is 9.38. The van der Waals surface area contributed by atoms with Gasteiger partial charge in [0, 0.05) is 22.9 Å². The fraction of sp³-hybridized carbons (Fsp3) is 0.136. The average Bonchev–Trinajstić information content (AvgIpc) is 3.15. The van der Waals surface area contributed by atoms with Gasteiger partial charge in [0.1, 0.15) is 11.5 Å². The summed E-state index contributed by atoms with van der Waals surface area (Å²) < 4.78 is 13.2. The van der Waals surface area contributed by atoms with Crippen LogP contribution in [0.1, 0.15) is 0 Å². The molecule has 3 aromatic carbocycles. The predicted molar refractivity (Wildman–Crippen MR) is 122 cm³/mol. The summed E-state index contributed by atoms with van der Waals surface area (Å²) in [6, 6.07) is 19.4. The molecule has 0 bridgehead atoms. The molecular formula is C22H18ClN3O4S. The third-order valence-corrected chi connectivity index (χ3v) is 5.70. The number of ether oxygens (including phenoxy) is 2. The van der Waals surface area contributed by atoms with Crippen molar-refractivity contribution in [3.05, 3.63) is 81.9 Å². The molecule has 31 heavy (non-hydrogen) atoms. The number of nitro groups is 1. The maximum absolute atomic E-state index is 11.2. The molecule has 0 N–H and O–H groups in total. The van der Waals surface area contributed by atoms with Crippen molar-refractivity contribution >= 4 is 40.1 Å². The van der Waals surface area contributed by atoms with Crippen molar-refractivity contribution in [3.8, 4) is 17.2 Å². The Labute approximate surface area is 187 Å². The number of para-hydroxylation sites is 2. The summed E-state index contributed by atoms with van der Waals surface area (Å²) in [5.74, 6) is 2.04. The minimum atomic E-state index is -0.422. The summed E-state index contributed by atoms with van der Waals surface area (Å²) in [4.78, 5) is 15.4. The van der Waals surface area contributed by atoms with Crippen molar-refractivity contribution < 1.29 is 14.4 Å². The van der Waals surface area contributed by atoms with E-state index < -0.39 is 4.92 Å². The molecule has 0 radical (unpaired) electrons. The minimum absolute atomic E-state index is 0.000187. The summed E-state index contributed by atoms with van der Waals surface area (Å²) >= 11 is 7.40. The highest BCUT2D eigenvalue weighted by atomic mass is 35.5. The van der Waals surface area contributed by atoms with Gasteiger partial charge in [-0.2, -0.15) is 0 Å². The van der Waals surface area contributed by atoms with E-state index in [1.54, 1.807) is 25.3 Å². The van der Waals surface area contributed by atoms with Crippen molar-refractivity contribution in [1.82, 2.24) is 9.55 Å². The third kappa shape index (κ3) is 4.60. The molecule has 0 aliphatic heterocycles. The number of nitrogens with zero attached hydrogens (tertiary/aromatic N) is 3. The lowest BCUT2D eigenvalue weighted by Crippen LogP contribution is -2.03. The van der Waals surface area contributed by atoms with E-state index in [2.05, 4.69) is 4.98 Å². The second kappa shape index (κ2) is 9.28. The predicted octanol–water partition coefficient (Wildman–Crippen LogP) is 5.77. The van der Waals surface area contributed by atoms with E-state index in [0.717, 1.165) is 17.0 Å². The van der Waals surface area contributed by atoms with Gasteiger partial charge >= 0.3 is 0 Å². The first kappa shape index (κ1) is 21.0. The van der Waals surface area contributed by atoms with Crippen LogP contribution in [0.15, 0.2) is 71.9 Å². The van der Waals surface area contributed by atoms with Crippen molar-refractivity contribution in [2.45, 2.75) is 5.16 Å². The zero-order valence-electron chi connectivity index (χ0n) is 16.5. The number of methoxy groups -OCH3 is 1. The lowest BCUT2D eigenvalue weighted by molar-refractivity contribution is -0.384. The van der Waals surface area contributed by atoms with Gasteiger partial charge in [-0.05, 0) is 42.5 Å². The Hall–Kier alpha value is -3.23. The number of imidazole rings is 1.